The topological polar surface area (TPSA) is 132 Å². The van der Waals surface area contributed by atoms with Gasteiger partial charge in [-0.15, -0.1) is 0 Å². The molecule has 11 heteroatoms. The first-order chi connectivity index (χ1) is 18.5. The average Bonchev–Trinajstić information content (AvgIpc) is 3.67. The highest BCUT2D eigenvalue weighted by atomic mass is 16.7. The molecule has 2 fully saturated rings. The third kappa shape index (κ3) is 6.32. The zero-order valence-electron chi connectivity index (χ0n) is 22.5. The molecule has 0 saturated carbocycles. The van der Waals surface area contributed by atoms with E-state index in [0.29, 0.717) is 62.8 Å². The van der Waals surface area contributed by atoms with Crippen LogP contribution in [-0.4, -0.2) is 89.2 Å². The van der Waals surface area contributed by atoms with Gasteiger partial charge in [-0.3, -0.25) is 19.2 Å². The van der Waals surface area contributed by atoms with E-state index in [1.807, 2.05) is 27.9 Å². The molecule has 1 aromatic heterocycles. The number of carboxylic acids is 1. The summed E-state index contributed by atoms with van der Waals surface area (Å²) in [6.07, 6.45) is 9.32. The quantitative estimate of drug-likeness (QED) is 0.370. The van der Waals surface area contributed by atoms with E-state index >= 15 is 0 Å². The average molecular weight is 532 g/mol. The molecular formula is C27H41N5O6. The van der Waals surface area contributed by atoms with Gasteiger partial charge in [-0.05, 0) is 49.8 Å². The zero-order chi connectivity index (χ0) is 27.1. The molecule has 0 bridgehead atoms. The van der Waals surface area contributed by atoms with Crippen molar-refractivity contribution < 1.29 is 28.9 Å². The monoisotopic (exact) mass is 531 g/mol. The van der Waals surface area contributed by atoms with Gasteiger partial charge in [0.2, 0.25) is 18.5 Å². The molecule has 0 aromatic carbocycles. The lowest BCUT2D eigenvalue weighted by Crippen LogP contribution is -2.45. The maximum atomic E-state index is 13.5. The van der Waals surface area contributed by atoms with E-state index in [1.165, 1.54) is 0 Å². The molecule has 1 unspecified atom stereocenters. The van der Waals surface area contributed by atoms with Crippen LogP contribution in [0.4, 0.5) is 0 Å². The molecule has 0 radical (unpaired) electrons. The van der Waals surface area contributed by atoms with Crippen molar-refractivity contribution in [2.75, 3.05) is 46.6 Å². The summed E-state index contributed by atoms with van der Waals surface area (Å²) in [5.41, 5.74) is 5.73. The number of nitrogens with zero attached hydrogens (tertiary/aromatic N) is 4. The smallest absolute Gasteiger partial charge is 0.308 e. The number of aryl methyl sites for hydroxylation is 1. The lowest BCUT2D eigenvalue weighted by Gasteiger charge is -2.30. The third-order valence-electron chi connectivity index (χ3n) is 7.87. The van der Waals surface area contributed by atoms with Crippen molar-refractivity contribution in [3.05, 3.63) is 41.8 Å². The van der Waals surface area contributed by atoms with E-state index in [2.05, 4.69) is 16.9 Å². The standard InChI is InChI=1S/C27H41N5O6/c1-3-4-10-30(11-5-8-28)24(33)17-31-16-20(19-14-22(36-2)26-23(15-19)37-18-38-26)25(27(34)35)21(31)7-13-32-12-6-9-29-32/h6,9,12,15,19-21,25H,3-5,7-8,10-11,13-14,16-18,28H2,1-2H3,(H,34,35)/t19?,20-,21+,25-/m1/s1. The van der Waals surface area contributed by atoms with Gasteiger partial charge in [0.25, 0.3) is 0 Å². The molecule has 3 heterocycles. The molecule has 3 N–H and O–H groups in total. The van der Waals surface area contributed by atoms with E-state index in [-0.39, 0.29) is 37.1 Å². The van der Waals surface area contributed by atoms with Gasteiger partial charge >= 0.3 is 5.97 Å². The first kappa shape index (κ1) is 28.0. The van der Waals surface area contributed by atoms with Gasteiger partial charge in [0.05, 0.1) is 19.6 Å². The number of carbonyl (C=O) groups is 2. The van der Waals surface area contributed by atoms with Gasteiger partial charge in [0.1, 0.15) is 5.76 Å². The maximum Gasteiger partial charge on any atom is 0.308 e. The van der Waals surface area contributed by atoms with Gasteiger partial charge in [-0.2, -0.15) is 5.10 Å². The number of aromatic nitrogens is 2. The fourth-order valence-corrected chi connectivity index (χ4v) is 5.93. The number of aliphatic carboxylic acids is 1. The lowest BCUT2D eigenvalue weighted by atomic mass is 9.77. The van der Waals surface area contributed by atoms with E-state index in [1.54, 1.807) is 13.3 Å². The molecule has 0 spiro atoms. The van der Waals surface area contributed by atoms with E-state index < -0.39 is 11.9 Å². The molecule has 210 valence electrons. The number of fused-ring (bicyclic) bond motifs is 1. The third-order valence-corrected chi connectivity index (χ3v) is 7.87. The zero-order valence-corrected chi connectivity index (χ0v) is 22.5. The number of likely N-dealkylation sites (tertiary alicyclic amines) is 1. The van der Waals surface area contributed by atoms with Crippen LogP contribution in [0.1, 0.15) is 39.0 Å². The second kappa shape index (κ2) is 13.1. The second-order valence-corrected chi connectivity index (χ2v) is 10.2. The van der Waals surface area contributed by atoms with Crippen LogP contribution in [0.5, 0.6) is 0 Å². The first-order valence-corrected chi connectivity index (χ1v) is 13.6. The number of nitrogens with two attached hydrogens (primary N) is 1. The van der Waals surface area contributed by atoms with Gasteiger partial charge in [-0.1, -0.05) is 13.3 Å². The second-order valence-electron chi connectivity index (χ2n) is 10.2. The highest BCUT2D eigenvalue weighted by molar-refractivity contribution is 5.79. The molecule has 1 aromatic rings. The number of methoxy groups -OCH3 is 1. The Kier molecular flexibility index (Phi) is 9.68. The summed E-state index contributed by atoms with van der Waals surface area (Å²) in [4.78, 5) is 30.2. The van der Waals surface area contributed by atoms with Crippen LogP contribution in [-0.2, 0) is 30.3 Å². The van der Waals surface area contributed by atoms with Crippen LogP contribution in [0.3, 0.4) is 0 Å². The van der Waals surface area contributed by atoms with E-state index in [4.69, 9.17) is 19.9 Å². The summed E-state index contributed by atoms with van der Waals surface area (Å²) in [5.74, 6) is 0.0539. The number of unbranched alkanes of at least 4 members (excludes halogenated alkanes) is 1. The molecule has 2 saturated heterocycles. The SMILES string of the molecule is CCCCN(CCCN)C(=O)CN1C[C@H](C2C=C3OCOC3=C(OC)C2)[C@@H](C(=O)O)[C@@H]1CCn1cccn1. The Bertz CT molecular complexity index is 1000. The summed E-state index contributed by atoms with van der Waals surface area (Å²) in [6.45, 7) is 5.29. The van der Waals surface area contributed by atoms with Crippen LogP contribution in [0.25, 0.3) is 0 Å². The number of carbonyl (C=O) groups excluding carboxylic acids is 1. The fraction of sp³-hybridized carbons (Fsp3) is 0.667. The highest BCUT2D eigenvalue weighted by Crippen LogP contribution is 2.44. The van der Waals surface area contributed by atoms with E-state index in [9.17, 15) is 14.7 Å². The molecule has 4 rings (SSSR count). The Balaban J connectivity index is 1.58. The minimum absolute atomic E-state index is 0.0232. The van der Waals surface area contributed by atoms with Gasteiger partial charge in [0, 0.05) is 51.0 Å². The Morgan fingerprint density at radius 3 is 2.79 bits per heavy atom. The molecule has 1 amide bonds. The van der Waals surface area contributed by atoms with Crippen molar-refractivity contribution in [1.82, 2.24) is 19.6 Å². The summed E-state index contributed by atoms with van der Waals surface area (Å²) >= 11 is 0. The number of carboxylic acid groups (broad SMARTS) is 1. The van der Waals surface area contributed by atoms with Crippen molar-refractivity contribution in [2.45, 2.75) is 51.6 Å². The summed E-state index contributed by atoms with van der Waals surface area (Å²) in [5, 5.41) is 14.8. The fourth-order valence-electron chi connectivity index (χ4n) is 5.93. The number of amides is 1. The minimum Gasteiger partial charge on any atom is -0.497 e. The van der Waals surface area contributed by atoms with Crippen LogP contribution in [0, 0.1) is 17.8 Å². The van der Waals surface area contributed by atoms with Crippen molar-refractivity contribution in [1.29, 1.82) is 0 Å². The Morgan fingerprint density at radius 2 is 2.11 bits per heavy atom. The Morgan fingerprint density at radius 1 is 1.29 bits per heavy atom. The normalized spacial score (nSPS) is 25.0. The van der Waals surface area contributed by atoms with Crippen LogP contribution in [0.2, 0.25) is 0 Å². The minimum atomic E-state index is -0.850. The molecule has 4 atom stereocenters. The van der Waals surface area contributed by atoms with Crippen LogP contribution >= 0.6 is 0 Å². The number of rotatable bonds is 14. The maximum absolute atomic E-state index is 13.5. The van der Waals surface area contributed by atoms with Gasteiger partial charge in [0.15, 0.2) is 5.76 Å². The summed E-state index contributed by atoms with van der Waals surface area (Å²) in [7, 11) is 1.59. The summed E-state index contributed by atoms with van der Waals surface area (Å²) in [6, 6.07) is 1.54. The Hall–Kier alpha value is -3.05. The predicted molar refractivity (Wildman–Crippen MR) is 139 cm³/mol. The lowest BCUT2D eigenvalue weighted by molar-refractivity contribution is -0.145. The number of ether oxygens (including phenoxy) is 3. The molecule has 2 aliphatic heterocycles. The number of hydrogen-bond donors (Lipinski definition) is 2. The number of allylic oxidation sites excluding steroid dienone is 2. The number of hydrogen-bond acceptors (Lipinski definition) is 8. The van der Waals surface area contributed by atoms with Crippen LogP contribution in [0.15, 0.2) is 41.8 Å². The van der Waals surface area contributed by atoms with Crippen molar-refractivity contribution in [3.63, 3.8) is 0 Å². The van der Waals surface area contributed by atoms with Gasteiger partial charge in [-0.25, -0.2) is 0 Å². The first-order valence-electron chi connectivity index (χ1n) is 13.6. The molecule has 38 heavy (non-hydrogen) atoms. The molecule has 3 aliphatic rings. The van der Waals surface area contributed by atoms with Crippen LogP contribution < -0.4 is 5.73 Å². The molecular weight excluding hydrogens is 490 g/mol. The van der Waals surface area contributed by atoms with Crippen molar-refractivity contribution >= 4 is 11.9 Å². The largest absolute Gasteiger partial charge is 0.497 e. The van der Waals surface area contributed by atoms with Crippen molar-refractivity contribution in [3.8, 4) is 0 Å². The predicted octanol–water partition coefficient (Wildman–Crippen LogP) is 2.02. The van der Waals surface area contributed by atoms with Gasteiger partial charge < -0.3 is 30.0 Å². The molecule has 1 aliphatic carbocycles. The Labute approximate surface area is 224 Å². The summed E-state index contributed by atoms with van der Waals surface area (Å²) < 4.78 is 18.6. The van der Waals surface area contributed by atoms with Crippen molar-refractivity contribution in [2.24, 2.45) is 23.5 Å². The van der Waals surface area contributed by atoms with E-state index in [0.717, 1.165) is 19.3 Å². The molecule has 11 nitrogen and oxygen atoms in total. The highest BCUT2D eigenvalue weighted by Gasteiger charge is 2.50.